The van der Waals surface area contributed by atoms with E-state index >= 15 is 0 Å². The van der Waals surface area contributed by atoms with Gasteiger partial charge in [0.2, 0.25) is 5.91 Å². The van der Waals surface area contributed by atoms with Crippen LogP contribution in [0.5, 0.6) is 0 Å². The molecule has 0 spiro atoms. The first kappa shape index (κ1) is 23.1. The number of aromatic nitrogens is 2. The highest BCUT2D eigenvalue weighted by Gasteiger charge is 2.29. The molecule has 2 aliphatic heterocycles. The summed E-state index contributed by atoms with van der Waals surface area (Å²) in [5.41, 5.74) is 1.70. The maximum atomic E-state index is 14.9. The Labute approximate surface area is 199 Å². The number of alkyl halides is 1. The van der Waals surface area contributed by atoms with Gasteiger partial charge in [0.25, 0.3) is 0 Å². The summed E-state index contributed by atoms with van der Waals surface area (Å²) in [7, 11) is 0. The first-order valence-corrected chi connectivity index (χ1v) is 12.2. The number of likely N-dealkylation sites (tertiary alicyclic amines) is 1. The van der Waals surface area contributed by atoms with Crippen molar-refractivity contribution in [1.29, 1.82) is 0 Å². The van der Waals surface area contributed by atoms with Crippen LogP contribution in [0, 0.1) is 11.6 Å². The van der Waals surface area contributed by atoms with Crippen molar-refractivity contribution >= 4 is 34.4 Å². The number of hydrogen-bond acceptors (Lipinski definition) is 6. The third-order valence-electron chi connectivity index (χ3n) is 6.25. The van der Waals surface area contributed by atoms with E-state index in [2.05, 4.69) is 20.6 Å². The quantitative estimate of drug-likeness (QED) is 0.553. The number of halogens is 3. The lowest BCUT2D eigenvalue weighted by Gasteiger charge is -2.35. The fourth-order valence-electron chi connectivity index (χ4n) is 4.47. The summed E-state index contributed by atoms with van der Waals surface area (Å²) in [6.45, 7) is 2.01. The Morgan fingerprint density at radius 2 is 2.12 bits per heavy atom. The molecule has 2 atom stereocenters. The average molecular weight is 488 g/mol. The number of thioether (sulfide) groups is 1. The van der Waals surface area contributed by atoms with Crippen LogP contribution in [-0.2, 0) is 17.8 Å². The van der Waals surface area contributed by atoms with E-state index in [0.717, 1.165) is 22.2 Å². The SMILES string of the molecule is O=C1CSc2ccc(CN[C@H]3CCN(CCc4ccnc5c(F)cc(F)cc45)C[C@@H]3F)nc2N1. The van der Waals surface area contributed by atoms with Gasteiger partial charge in [0.1, 0.15) is 23.3 Å². The van der Waals surface area contributed by atoms with Crippen molar-refractivity contribution in [2.75, 3.05) is 30.7 Å². The summed E-state index contributed by atoms with van der Waals surface area (Å²) in [5.74, 6) is -0.428. The number of benzene rings is 1. The molecule has 0 bridgehead atoms. The molecule has 0 unspecified atom stereocenters. The number of rotatable bonds is 6. The largest absolute Gasteiger partial charge is 0.309 e. The second-order valence-corrected chi connectivity index (χ2v) is 9.60. The Morgan fingerprint density at radius 3 is 2.97 bits per heavy atom. The van der Waals surface area contributed by atoms with Crippen LogP contribution in [0.3, 0.4) is 0 Å². The molecular weight excluding hydrogens is 463 g/mol. The molecule has 2 aromatic heterocycles. The number of fused-ring (bicyclic) bond motifs is 2. The molecule has 6 nitrogen and oxygen atoms in total. The fourth-order valence-corrected chi connectivity index (χ4v) is 5.23. The number of nitrogens with zero attached hydrogens (tertiary/aromatic N) is 3. The molecule has 2 N–H and O–H groups in total. The number of carbonyl (C=O) groups excluding carboxylic acids is 1. The van der Waals surface area contributed by atoms with Crippen LogP contribution in [0.4, 0.5) is 19.0 Å². The minimum Gasteiger partial charge on any atom is -0.309 e. The van der Waals surface area contributed by atoms with E-state index < -0.39 is 17.8 Å². The molecule has 1 amide bonds. The molecule has 2 aliphatic rings. The van der Waals surface area contributed by atoms with Gasteiger partial charge in [0.15, 0.2) is 5.82 Å². The molecule has 10 heteroatoms. The zero-order chi connectivity index (χ0) is 23.7. The van der Waals surface area contributed by atoms with Gasteiger partial charge < -0.3 is 10.6 Å². The van der Waals surface area contributed by atoms with Gasteiger partial charge in [-0.05, 0) is 49.2 Å². The highest BCUT2D eigenvalue weighted by molar-refractivity contribution is 8.00. The molecule has 34 heavy (non-hydrogen) atoms. The van der Waals surface area contributed by atoms with Gasteiger partial charge in [-0.3, -0.25) is 14.7 Å². The molecule has 178 valence electrons. The van der Waals surface area contributed by atoms with Gasteiger partial charge in [-0.25, -0.2) is 18.2 Å². The van der Waals surface area contributed by atoms with Gasteiger partial charge >= 0.3 is 0 Å². The number of anilines is 1. The van der Waals surface area contributed by atoms with E-state index in [4.69, 9.17) is 0 Å². The Bertz CT molecular complexity index is 1230. The summed E-state index contributed by atoms with van der Waals surface area (Å²) in [6, 6.07) is 7.42. The van der Waals surface area contributed by atoms with Gasteiger partial charge in [-0.2, -0.15) is 0 Å². The van der Waals surface area contributed by atoms with Gasteiger partial charge in [0.05, 0.1) is 16.3 Å². The fraction of sp³-hybridized carbons (Fsp3) is 0.375. The van der Waals surface area contributed by atoms with Crippen molar-refractivity contribution in [1.82, 2.24) is 20.2 Å². The molecule has 0 saturated carbocycles. The molecule has 1 fully saturated rings. The van der Waals surface area contributed by atoms with Crippen molar-refractivity contribution in [3.8, 4) is 0 Å². The Kier molecular flexibility index (Phi) is 6.71. The second kappa shape index (κ2) is 9.89. The van der Waals surface area contributed by atoms with Crippen LogP contribution < -0.4 is 10.6 Å². The molecule has 1 saturated heterocycles. The van der Waals surface area contributed by atoms with Gasteiger partial charge in [-0.15, -0.1) is 11.8 Å². The third kappa shape index (κ3) is 5.03. The summed E-state index contributed by atoms with van der Waals surface area (Å²) in [4.78, 5) is 23.1. The normalized spacial score (nSPS) is 20.9. The lowest BCUT2D eigenvalue weighted by Crippen LogP contribution is -2.51. The maximum absolute atomic E-state index is 14.9. The molecule has 1 aromatic carbocycles. The van der Waals surface area contributed by atoms with Crippen molar-refractivity contribution in [2.24, 2.45) is 0 Å². The molecule has 3 aromatic rings. The number of piperidine rings is 1. The highest BCUT2D eigenvalue weighted by Crippen LogP contribution is 2.29. The molecule has 5 rings (SSSR count). The monoisotopic (exact) mass is 487 g/mol. The maximum Gasteiger partial charge on any atom is 0.235 e. The third-order valence-corrected chi connectivity index (χ3v) is 7.30. The number of nitrogens with one attached hydrogen (secondary N) is 2. The van der Waals surface area contributed by atoms with Crippen LogP contribution in [0.15, 0.2) is 41.4 Å². The standard InChI is InChI=1S/C24H24F3N5OS/c25-15-9-17-14(3-6-28-23(17)18(26)10-15)4-7-32-8-5-20(19(27)12-32)29-11-16-1-2-21-24(30-16)31-22(33)13-34-21/h1-3,6,9-10,19-20,29H,4-5,7-8,11-13H2,(H,30,31,33)/t19-,20-/m0/s1. The van der Waals surface area contributed by atoms with Gasteiger partial charge in [0, 0.05) is 43.3 Å². The van der Waals surface area contributed by atoms with E-state index in [0.29, 0.717) is 49.4 Å². The first-order chi connectivity index (χ1) is 16.5. The van der Waals surface area contributed by atoms with E-state index in [1.54, 1.807) is 6.07 Å². The lowest BCUT2D eigenvalue weighted by molar-refractivity contribution is -0.113. The van der Waals surface area contributed by atoms with Crippen LogP contribution in [0.2, 0.25) is 0 Å². The lowest BCUT2D eigenvalue weighted by atomic mass is 10.0. The van der Waals surface area contributed by atoms with Gasteiger partial charge in [-0.1, -0.05) is 0 Å². The Hall–Kier alpha value is -2.69. The highest BCUT2D eigenvalue weighted by atomic mass is 32.2. The number of amides is 1. The Morgan fingerprint density at radius 1 is 1.24 bits per heavy atom. The number of pyridine rings is 2. The minimum atomic E-state index is -1.05. The molecule has 4 heterocycles. The van der Waals surface area contributed by atoms with Crippen molar-refractivity contribution < 1.29 is 18.0 Å². The second-order valence-electron chi connectivity index (χ2n) is 8.58. The zero-order valence-corrected chi connectivity index (χ0v) is 19.2. The van der Waals surface area contributed by atoms with Crippen molar-refractivity contribution in [3.05, 3.63) is 59.4 Å². The summed E-state index contributed by atoms with van der Waals surface area (Å²) < 4.78 is 42.6. The number of hydrogen-bond donors (Lipinski definition) is 2. The van der Waals surface area contributed by atoms with E-state index in [1.807, 2.05) is 17.0 Å². The zero-order valence-electron chi connectivity index (χ0n) is 18.4. The van der Waals surface area contributed by atoms with Crippen molar-refractivity contribution in [3.63, 3.8) is 0 Å². The molecular formula is C24H24F3N5OS. The van der Waals surface area contributed by atoms with E-state index in [9.17, 15) is 18.0 Å². The predicted molar refractivity (Wildman–Crippen MR) is 126 cm³/mol. The van der Waals surface area contributed by atoms with Crippen LogP contribution in [0.1, 0.15) is 17.7 Å². The summed E-state index contributed by atoms with van der Waals surface area (Å²) in [6.07, 6.45) is 1.66. The van der Waals surface area contributed by atoms with Crippen LogP contribution >= 0.6 is 11.8 Å². The van der Waals surface area contributed by atoms with Crippen molar-refractivity contribution in [2.45, 2.75) is 36.5 Å². The number of carbonyl (C=O) groups is 1. The van der Waals surface area contributed by atoms with E-state index in [-0.39, 0.29) is 24.0 Å². The minimum absolute atomic E-state index is 0.0682. The summed E-state index contributed by atoms with van der Waals surface area (Å²) >= 11 is 1.46. The smallest absolute Gasteiger partial charge is 0.235 e. The van der Waals surface area contributed by atoms with Crippen LogP contribution in [-0.4, -0.2) is 58.4 Å². The molecule has 0 radical (unpaired) electrons. The summed E-state index contributed by atoms with van der Waals surface area (Å²) in [5, 5.41) is 6.49. The molecule has 0 aliphatic carbocycles. The topological polar surface area (TPSA) is 70.2 Å². The average Bonchev–Trinajstić information content (AvgIpc) is 2.82. The van der Waals surface area contributed by atoms with Crippen LogP contribution in [0.25, 0.3) is 10.9 Å². The first-order valence-electron chi connectivity index (χ1n) is 11.2. The predicted octanol–water partition coefficient (Wildman–Crippen LogP) is 3.70. The van der Waals surface area contributed by atoms with E-state index in [1.165, 1.54) is 24.0 Å². The Balaban J connectivity index is 1.15.